The summed E-state index contributed by atoms with van der Waals surface area (Å²) >= 11 is 12.4. The van der Waals surface area contributed by atoms with Crippen LogP contribution in [-0.4, -0.2) is 66.4 Å². The van der Waals surface area contributed by atoms with E-state index in [2.05, 4.69) is 15.1 Å². The molecule has 2 saturated heterocycles. The number of nitrogens with zero attached hydrogens (tertiary/aromatic N) is 5. The first-order chi connectivity index (χ1) is 20.7. The van der Waals surface area contributed by atoms with Gasteiger partial charge in [-0.3, -0.25) is 0 Å². The molecule has 0 unspecified atom stereocenters. The number of rotatable bonds is 7. The lowest BCUT2D eigenvalue weighted by molar-refractivity contribution is 0.141. The number of fused-ring (bicyclic) bond motifs is 1. The van der Waals surface area contributed by atoms with Crippen LogP contribution in [0.25, 0.3) is 0 Å². The molecule has 0 radical (unpaired) electrons. The summed E-state index contributed by atoms with van der Waals surface area (Å²) in [4.78, 5) is 14.5. The van der Waals surface area contributed by atoms with Crippen molar-refractivity contribution in [2.45, 2.75) is 62.6 Å². The Morgan fingerprint density at radius 3 is 2.47 bits per heavy atom. The molecule has 6 rings (SSSR count). The average molecular weight is 652 g/mol. The highest BCUT2D eigenvalue weighted by molar-refractivity contribution is 7.89. The van der Waals surface area contributed by atoms with Crippen molar-refractivity contribution in [1.29, 1.82) is 0 Å². The summed E-state index contributed by atoms with van der Waals surface area (Å²) in [6, 6.07) is 8.51. The van der Waals surface area contributed by atoms with Gasteiger partial charge in [0.2, 0.25) is 16.0 Å². The predicted octanol–water partition coefficient (Wildman–Crippen LogP) is 5.88. The maximum absolute atomic E-state index is 14.5. The van der Waals surface area contributed by atoms with Crippen molar-refractivity contribution in [3.8, 4) is 0 Å². The van der Waals surface area contributed by atoms with E-state index in [9.17, 15) is 17.2 Å². The van der Waals surface area contributed by atoms with Crippen LogP contribution in [0.2, 0.25) is 10.0 Å². The monoisotopic (exact) mass is 650 g/mol. The molecular formula is C30H34Cl2F2N6O2S. The molecule has 0 bridgehead atoms. The summed E-state index contributed by atoms with van der Waals surface area (Å²) in [7, 11) is -3.98. The molecule has 43 heavy (non-hydrogen) atoms. The maximum Gasteiger partial charge on any atom is 0.244 e. The third-order valence-electron chi connectivity index (χ3n) is 8.66. The first kappa shape index (κ1) is 30.5. The van der Waals surface area contributed by atoms with E-state index in [-0.39, 0.29) is 40.1 Å². The van der Waals surface area contributed by atoms with Crippen molar-refractivity contribution in [1.82, 2.24) is 19.2 Å². The van der Waals surface area contributed by atoms with Crippen LogP contribution in [0.5, 0.6) is 0 Å². The van der Waals surface area contributed by atoms with Gasteiger partial charge in [0.25, 0.3) is 0 Å². The Bertz CT molecular complexity index is 1600. The van der Waals surface area contributed by atoms with E-state index in [1.54, 1.807) is 6.07 Å². The molecule has 8 nitrogen and oxygen atoms in total. The number of benzene rings is 2. The van der Waals surface area contributed by atoms with Gasteiger partial charge in [-0.25, -0.2) is 22.2 Å². The van der Waals surface area contributed by atoms with E-state index >= 15 is 0 Å². The van der Waals surface area contributed by atoms with E-state index in [1.165, 1.54) is 47.8 Å². The maximum atomic E-state index is 14.5. The number of likely N-dealkylation sites (tertiary alicyclic amines) is 1. The van der Waals surface area contributed by atoms with Crippen LogP contribution >= 0.6 is 23.2 Å². The lowest BCUT2D eigenvalue weighted by Gasteiger charge is -2.40. The first-order valence-electron chi connectivity index (χ1n) is 14.7. The fraction of sp³-hybridized carbons (Fsp3) is 0.467. The summed E-state index contributed by atoms with van der Waals surface area (Å²) in [6.45, 7) is 4.21. The molecule has 4 heterocycles. The second-order valence-corrected chi connectivity index (χ2v) is 14.0. The van der Waals surface area contributed by atoms with Gasteiger partial charge in [-0.15, -0.1) is 0 Å². The van der Waals surface area contributed by atoms with Crippen molar-refractivity contribution in [3.05, 3.63) is 74.9 Å². The molecule has 230 valence electrons. The molecule has 0 aliphatic carbocycles. The Morgan fingerprint density at radius 2 is 1.72 bits per heavy atom. The van der Waals surface area contributed by atoms with Crippen molar-refractivity contribution >= 4 is 45.0 Å². The Labute approximate surface area is 261 Å². The minimum atomic E-state index is -3.98. The van der Waals surface area contributed by atoms with Crippen LogP contribution in [0.1, 0.15) is 48.9 Å². The molecule has 3 aliphatic heterocycles. The number of sulfonamides is 1. The molecule has 1 aromatic heterocycles. The van der Waals surface area contributed by atoms with Crippen molar-refractivity contribution in [2.24, 2.45) is 0 Å². The van der Waals surface area contributed by atoms with Crippen LogP contribution < -0.4 is 10.2 Å². The van der Waals surface area contributed by atoms with Gasteiger partial charge < -0.3 is 15.1 Å². The second kappa shape index (κ2) is 12.8. The highest BCUT2D eigenvalue weighted by Gasteiger charge is 2.34. The third kappa shape index (κ3) is 6.47. The minimum Gasteiger partial charge on any atom is -0.365 e. The van der Waals surface area contributed by atoms with Gasteiger partial charge in [0.15, 0.2) is 0 Å². The lowest BCUT2D eigenvalue weighted by Crippen LogP contribution is -2.47. The molecule has 2 aromatic carbocycles. The molecule has 13 heteroatoms. The Balaban J connectivity index is 1.28. The normalized spacial score (nSPS) is 18.9. The number of hydrogen-bond acceptors (Lipinski definition) is 7. The molecule has 1 N–H and O–H groups in total. The lowest BCUT2D eigenvalue weighted by atomic mass is 10.00. The summed E-state index contributed by atoms with van der Waals surface area (Å²) in [5.41, 5.74) is 1.62. The molecule has 0 spiro atoms. The largest absolute Gasteiger partial charge is 0.365 e. The summed E-state index contributed by atoms with van der Waals surface area (Å²) in [6.07, 6.45) is 6.24. The zero-order valence-electron chi connectivity index (χ0n) is 23.7. The van der Waals surface area contributed by atoms with Crippen LogP contribution in [0.3, 0.4) is 0 Å². The third-order valence-corrected chi connectivity index (χ3v) is 11.5. The molecule has 3 aromatic rings. The number of nitrogens with one attached hydrogen (secondary N) is 1. The van der Waals surface area contributed by atoms with Gasteiger partial charge in [0.05, 0.1) is 15.7 Å². The van der Waals surface area contributed by atoms with Crippen molar-refractivity contribution in [2.75, 3.05) is 42.9 Å². The van der Waals surface area contributed by atoms with E-state index in [0.29, 0.717) is 29.8 Å². The number of hydrogen-bond donors (Lipinski definition) is 1. The van der Waals surface area contributed by atoms with Gasteiger partial charge >= 0.3 is 0 Å². The molecule has 0 amide bonds. The van der Waals surface area contributed by atoms with Crippen molar-refractivity contribution in [3.63, 3.8) is 0 Å². The highest BCUT2D eigenvalue weighted by Crippen LogP contribution is 2.35. The van der Waals surface area contributed by atoms with Crippen molar-refractivity contribution < 1.29 is 17.2 Å². The minimum absolute atomic E-state index is 0.00601. The first-order valence-corrected chi connectivity index (χ1v) is 16.9. The zero-order chi connectivity index (χ0) is 30.1. The van der Waals surface area contributed by atoms with E-state index in [4.69, 9.17) is 33.2 Å². The van der Waals surface area contributed by atoms with Crippen LogP contribution in [0, 0.1) is 11.6 Å². The molecule has 0 atom stereocenters. The quantitative estimate of drug-likeness (QED) is 0.342. The topological polar surface area (TPSA) is 81.7 Å². The van der Waals surface area contributed by atoms with E-state index in [0.717, 1.165) is 50.8 Å². The number of anilines is 2. The van der Waals surface area contributed by atoms with Crippen LogP contribution in [-0.2, 0) is 29.5 Å². The van der Waals surface area contributed by atoms with Crippen LogP contribution in [0.15, 0.2) is 41.3 Å². The van der Waals surface area contributed by atoms with Gasteiger partial charge in [-0.2, -0.15) is 9.29 Å². The SMILES string of the molecule is O=S(=O)(c1cccc(Cl)c1Cl)N1CCc2nc(N3CCC(N4CCCCC4)CC3)nc(NCc3ccc(F)cc3F)c2C1. The highest BCUT2D eigenvalue weighted by atomic mass is 35.5. The molecule has 2 fully saturated rings. The van der Waals surface area contributed by atoms with E-state index < -0.39 is 21.7 Å². The second-order valence-electron chi connectivity index (χ2n) is 11.3. The summed E-state index contributed by atoms with van der Waals surface area (Å²) in [5, 5.41) is 3.33. The van der Waals surface area contributed by atoms with Gasteiger partial charge in [0.1, 0.15) is 22.3 Å². The van der Waals surface area contributed by atoms with Gasteiger partial charge in [0, 0.05) is 62.4 Å². The van der Waals surface area contributed by atoms with Crippen LogP contribution in [0.4, 0.5) is 20.5 Å². The standard InChI is InChI=1S/C30H34Cl2F2N6O2S/c31-24-5-4-6-27(28(24)32)43(41,42)40-16-11-26-23(19-40)29(35-18-20-7-8-21(33)17-25(20)34)37-30(36-26)39-14-9-22(10-15-39)38-12-2-1-3-13-38/h4-8,17,22H,1-3,9-16,18-19H2,(H,35,36,37). The summed E-state index contributed by atoms with van der Waals surface area (Å²) < 4.78 is 56.6. The number of halogens is 4. The van der Waals surface area contributed by atoms with E-state index in [1.807, 2.05) is 0 Å². The molecule has 3 aliphatic rings. The summed E-state index contributed by atoms with van der Waals surface area (Å²) in [5.74, 6) is -0.322. The fourth-order valence-electron chi connectivity index (χ4n) is 6.25. The Kier molecular flexibility index (Phi) is 9.07. The number of aromatic nitrogens is 2. The Morgan fingerprint density at radius 1 is 0.953 bits per heavy atom. The smallest absolute Gasteiger partial charge is 0.244 e. The fourth-order valence-corrected chi connectivity index (χ4v) is 8.39. The Hall–Kier alpha value is -2.57. The number of piperidine rings is 2. The van der Waals surface area contributed by atoms with Gasteiger partial charge in [-0.1, -0.05) is 41.8 Å². The van der Waals surface area contributed by atoms with Gasteiger partial charge in [-0.05, 0) is 57.0 Å². The zero-order valence-corrected chi connectivity index (χ0v) is 26.0. The predicted molar refractivity (Wildman–Crippen MR) is 164 cm³/mol. The molecule has 0 saturated carbocycles. The molecular weight excluding hydrogens is 617 g/mol. The average Bonchev–Trinajstić information content (AvgIpc) is 3.02.